The van der Waals surface area contributed by atoms with E-state index in [1.165, 1.54) is 7.05 Å². The van der Waals surface area contributed by atoms with Gasteiger partial charge in [-0.2, -0.15) is 0 Å². The molecule has 0 aromatic rings. The maximum atomic E-state index is 11.1. The van der Waals surface area contributed by atoms with Crippen LogP contribution in [0.25, 0.3) is 0 Å². The third-order valence-corrected chi connectivity index (χ3v) is 1.70. The molecule has 0 unspecified atom stereocenters. The van der Waals surface area contributed by atoms with Gasteiger partial charge in [-0.1, -0.05) is 6.92 Å². The van der Waals surface area contributed by atoms with E-state index in [-0.39, 0.29) is 0 Å². The molecule has 1 aliphatic rings. The zero-order valence-corrected chi connectivity index (χ0v) is 7.03. The number of carbonyl (C=O) groups excluding carboxylic acids is 3. The summed E-state index contributed by atoms with van der Waals surface area (Å²) in [7, 11) is 1.30. The van der Waals surface area contributed by atoms with Crippen LogP contribution in [0.2, 0.25) is 0 Å². The van der Waals surface area contributed by atoms with E-state index in [0.717, 1.165) is 9.80 Å². The van der Waals surface area contributed by atoms with Gasteiger partial charge in [0.2, 0.25) is 0 Å². The fourth-order valence-electron chi connectivity index (χ4n) is 1.03. The second-order valence-corrected chi connectivity index (χ2v) is 2.60. The predicted molar refractivity (Wildman–Crippen MR) is 40.2 cm³/mol. The molecule has 1 heterocycles. The first-order chi connectivity index (χ1) is 5.59. The summed E-state index contributed by atoms with van der Waals surface area (Å²) in [5.74, 6) is -1.46. The Morgan fingerprint density at radius 1 is 1.17 bits per heavy atom. The van der Waals surface area contributed by atoms with Crippen LogP contribution in [0.5, 0.6) is 0 Å². The van der Waals surface area contributed by atoms with Gasteiger partial charge in [0.15, 0.2) is 0 Å². The highest BCUT2D eigenvalue weighted by Crippen LogP contribution is 2.09. The molecule has 0 radical (unpaired) electrons. The minimum atomic E-state index is -0.742. The smallest absolute Gasteiger partial charge is 0.263 e. The molecule has 1 rings (SSSR count). The van der Waals surface area contributed by atoms with Gasteiger partial charge in [0.25, 0.3) is 0 Å². The third-order valence-electron chi connectivity index (χ3n) is 1.70. The zero-order valence-electron chi connectivity index (χ0n) is 7.03. The fourth-order valence-corrected chi connectivity index (χ4v) is 1.03. The van der Waals surface area contributed by atoms with Crippen LogP contribution >= 0.6 is 0 Å². The molecular weight excluding hydrogens is 160 g/mol. The molecule has 0 aromatic heterocycles. The molecule has 1 aliphatic heterocycles. The first-order valence-corrected chi connectivity index (χ1v) is 3.73. The summed E-state index contributed by atoms with van der Waals surface area (Å²) < 4.78 is 0. The van der Waals surface area contributed by atoms with E-state index < -0.39 is 17.8 Å². The van der Waals surface area contributed by atoms with Crippen molar-refractivity contribution in [3.63, 3.8) is 0 Å². The second kappa shape index (κ2) is 2.92. The van der Waals surface area contributed by atoms with Gasteiger partial charge in [0.1, 0.15) is 0 Å². The van der Waals surface area contributed by atoms with E-state index >= 15 is 0 Å². The second-order valence-electron chi connectivity index (χ2n) is 2.60. The fraction of sp³-hybridized carbons (Fsp3) is 0.571. The van der Waals surface area contributed by atoms with Gasteiger partial charge in [-0.05, 0) is 6.42 Å². The van der Waals surface area contributed by atoms with Gasteiger partial charge in [-0.25, -0.2) is 4.79 Å². The highest BCUT2D eigenvalue weighted by Gasteiger charge is 2.41. The lowest BCUT2D eigenvalue weighted by molar-refractivity contribution is -0.142. The molecule has 0 bridgehead atoms. The number of urea groups is 1. The molecule has 5 heteroatoms. The van der Waals surface area contributed by atoms with Crippen LogP contribution in [0, 0.1) is 0 Å². The maximum Gasteiger partial charge on any atom is 0.333 e. The van der Waals surface area contributed by atoms with Crippen LogP contribution in [0.1, 0.15) is 13.3 Å². The molecule has 0 aromatic carbocycles. The van der Waals surface area contributed by atoms with Crippen LogP contribution in [-0.2, 0) is 9.59 Å². The highest BCUT2D eigenvalue weighted by molar-refractivity contribution is 6.44. The Morgan fingerprint density at radius 2 is 1.75 bits per heavy atom. The summed E-state index contributed by atoms with van der Waals surface area (Å²) in [6.07, 6.45) is 0.665. The van der Waals surface area contributed by atoms with E-state index in [9.17, 15) is 14.4 Å². The van der Waals surface area contributed by atoms with Gasteiger partial charge < -0.3 is 0 Å². The van der Waals surface area contributed by atoms with E-state index in [1.807, 2.05) is 6.92 Å². The molecule has 0 spiro atoms. The molecule has 12 heavy (non-hydrogen) atoms. The van der Waals surface area contributed by atoms with E-state index in [1.54, 1.807) is 0 Å². The molecule has 4 amide bonds. The van der Waals surface area contributed by atoms with Crippen molar-refractivity contribution in [2.24, 2.45) is 0 Å². The third kappa shape index (κ3) is 1.07. The van der Waals surface area contributed by atoms with Crippen LogP contribution in [0.4, 0.5) is 4.79 Å². The average molecular weight is 170 g/mol. The van der Waals surface area contributed by atoms with Crippen LogP contribution in [0.15, 0.2) is 0 Å². The van der Waals surface area contributed by atoms with Gasteiger partial charge in [-0.3, -0.25) is 19.4 Å². The molecule has 1 fully saturated rings. The molecule has 5 nitrogen and oxygen atoms in total. The number of hydrogen-bond acceptors (Lipinski definition) is 3. The number of nitrogens with zero attached hydrogens (tertiary/aromatic N) is 2. The first-order valence-electron chi connectivity index (χ1n) is 3.73. The Hall–Kier alpha value is -1.39. The zero-order chi connectivity index (χ0) is 9.30. The van der Waals surface area contributed by atoms with Crippen LogP contribution in [0.3, 0.4) is 0 Å². The lowest BCUT2D eigenvalue weighted by Gasteiger charge is -2.10. The standard InChI is InChI=1S/C7H10N2O3/c1-3-4-9-6(11)5(10)8(2)7(9)12/h3-4H2,1-2H3. The molecule has 0 N–H and O–H groups in total. The highest BCUT2D eigenvalue weighted by atomic mass is 16.2. The van der Waals surface area contributed by atoms with Gasteiger partial charge >= 0.3 is 17.8 Å². The number of hydrogen-bond donors (Lipinski definition) is 0. The first kappa shape index (κ1) is 8.70. The van der Waals surface area contributed by atoms with Gasteiger partial charge in [0.05, 0.1) is 0 Å². The van der Waals surface area contributed by atoms with Crippen molar-refractivity contribution in [3.05, 3.63) is 0 Å². The Morgan fingerprint density at radius 3 is 2.08 bits per heavy atom. The summed E-state index contributed by atoms with van der Waals surface area (Å²) in [5, 5.41) is 0. The Labute approximate surface area is 69.9 Å². The summed E-state index contributed by atoms with van der Waals surface area (Å²) in [6.45, 7) is 2.15. The molecule has 1 saturated heterocycles. The Kier molecular flexibility index (Phi) is 2.12. The van der Waals surface area contributed by atoms with Crippen molar-refractivity contribution in [1.29, 1.82) is 0 Å². The Bertz CT molecular complexity index is 249. The van der Waals surface area contributed by atoms with Crippen molar-refractivity contribution in [3.8, 4) is 0 Å². The SMILES string of the molecule is CCCN1C(=O)C(=O)N(C)C1=O. The van der Waals surface area contributed by atoms with Crippen molar-refractivity contribution in [2.45, 2.75) is 13.3 Å². The van der Waals surface area contributed by atoms with Crippen LogP contribution in [-0.4, -0.2) is 41.2 Å². The van der Waals surface area contributed by atoms with Crippen molar-refractivity contribution in [2.75, 3.05) is 13.6 Å². The lowest BCUT2D eigenvalue weighted by Crippen LogP contribution is -2.32. The minimum absolute atomic E-state index is 0.313. The lowest BCUT2D eigenvalue weighted by atomic mass is 10.4. The summed E-state index contributed by atoms with van der Waals surface area (Å²) >= 11 is 0. The quantitative estimate of drug-likeness (QED) is 0.426. The summed E-state index contributed by atoms with van der Waals surface area (Å²) in [4.78, 5) is 34.9. The minimum Gasteiger partial charge on any atom is -0.263 e. The van der Waals surface area contributed by atoms with Crippen LogP contribution < -0.4 is 0 Å². The van der Waals surface area contributed by atoms with Crippen molar-refractivity contribution >= 4 is 17.8 Å². The van der Waals surface area contributed by atoms with E-state index in [0.29, 0.717) is 13.0 Å². The largest absolute Gasteiger partial charge is 0.333 e. The van der Waals surface area contributed by atoms with E-state index in [4.69, 9.17) is 0 Å². The monoisotopic (exact) mass is 170 g/mol. The molecule has 66 valence electrons. The molecule has 0 aliphatic carbocycles. The summed E-state index contributed by atoms with van der Waals surface area (Å²) in [6, 6.07) is -0.521. The number of imide groups is 2. The molecule has 0 atom stereocenters. The number of carbonyl (C=O) groups is 3. The van der Waals surface area contributed by atoms with Crippen molar-refractivity contribution in [1.82, 2.24) is 9.80 Å². The average Bonchev–Trinajstić information content (AvgIpc) is 2.23. The number of likely N-dealkylation sites (N-methyl/N-ethyl adjacent to an activating group) is 1. The van der Waals surface area contributed by atoms with Gasteiger partial charge in [-0.15, -0.1) is 0 Å². The predicted octanol–water partition coefficient (Wildman–Crippen LogP) is -0.183. The Balaban J connectivity index is 2.84. The van der Waals surface area contributed by atoms with E-state index in [2.05, 4.69) is 0 Å². The molecule has 0 saturated carbocycles. The maximum absolute atomic E-state index is 11.1. The normalized spacial score (nSPS) is 18.0. The molecular formula is C7H10N2O3. The number of rotatable bonds is 2. The summed E-state index contributed by atoms with van der Waals surface area (Å²) in [5.41, 5.74) is 0. The topological polar surface area (TPSA) is 57.7 Å². The number of amides is 4. The van der Waals surface area contributed by atoms with Crippen molar-refractivity contribution < 1.29 is 14.4 Å². The van der Waals surface area contributed by atoms with Gasteiger partial charge in [0, 0.05) is 13.6 Å².